The number of hydrogen-bond donors (Lipinski definition) is 0. The molecule has 1 atom stereocenters. The zero-order valence-corrected chi connectivity index (χ0v) is 10.7. The normalized spacial score (nSPS) is 12.5. The van der Waals surface area contributed by atoms with E-state index in [4.69, 9.17) is 9.47 Å². The van der Waals surface area contributed by atoms with Gasteiger partial charge in [0.25, 0.3) is 0 Å². The summed E-state index contributed by atoms with van der Waals surface area (Å²) in [5, 5.41) is 0. The van der Waals surface area contributed by atoms with Crippen molar-refractivity contribution in [1.82, 2.24) is 0 Å². The van der Waals surface area contributed by atoms with E-state index in [0.29, 0.717) is 11.5 Å². The zero-order chi connectivity index (χ0) is 12.8. The van der Waals surface area contributed by atoms with Crippen molar-refractivity contribution in [3.8, 4) is 11.5 Å². The van der Waals surface area contributed by atoms with Crippen LogP contribution in [0.2, 0.25) is 0 Å². The highest BCUT2D eigenvalue weighted by atomic mass is 16.5. The van der Waals surface area contributed by atoms with Crippen LogP contribution in [0, 0.1) is 0 Å². The van der Waals surface area contributed by atoms with Gasteiger partial charge in [0.15, 0.2) is 23.4 Å². The fraction of sp³-hybridized carbons (Fsp3) is 0.357. The quantitative estimate of drug-likeness (QED) is 0.785. The molecule has 0 bridgehead atoms. The van der Waals surface area contributed by atoms with Crippen molar-refractivity contribution in [3.05, 3.63) is 29.8 Å². The monoisotopic (exact) mass is 234 g/mol. The summed E-state index contributed by atoms with van der Waals surface area (Å²) in [5.41, 5.74) is 1.03. The van der Waals surface area contributed by atoms with Gasteiger partial charge in [-0.2, -0.15) is 0 Å². The minimum Gasteiger partial charge on any atom is -0.493 e. The number of ketones is 1. The second-order valence-electron chi connectivity index (χ2n) is 3.78. The van der Waals surface area contributed by atoms with Gasteiger partial charge in [0.2, 0.25) is 0 Å². The molecule has 92 valence electrons. The molecule has 3 heteroatoms. The Morgan fingerprint density at radius 2 is 2.06 bits per heavy atom. The smallest absolute Gasteiger partial charge is 0.169 e. The molecule has 0 aliphatic heterocycles. The average Bonchev–Trinajstić information content (AvgIpc) is 2.31. The van der Waals surface area contributed by atoms with Crippen LogP contribution in [0.15, 0.2) is 24.3 Å². The van der Waals surface area contributed by atoms with Crippen molar-refractivity contribution in [2.75, 3.05) is 7.11 Å². The lowest BCUT2D eigenvalue weighted by Crippen LogP contribution is -2.20. The van der Waals surface area contributed by atoms with Crippen LogP contribution < -0.4 is 9.47 Å². The third-order valence-electron chi connectivity index (χ3n) is 2.42. The zero-order valence-electron chi connectivity index (χ0n) is 10.7. The van der Waals surface area contributed by atoms with E-state index >= 15 is 0 Å². The van der Waals surface area contributed by atoms with Gasteiger partial charge in [0, 0.05) is 0 Å². The Morgan fingerprint density at radius 1 is 1.35 bits per heavy atom. The molecule has 0 aliphatic rings. The summed E-state index contributed by atoms with van der Waals surface area (Å²) in [6.45, 7) is 5.18. The van der Waals surface area contributed by atoms with Crippen LogP contribution in [0.1, 0.15) is 26.3 Å². The number of rotatable bonds is 5. The summed E-state index contributed by atoms with van der Waals surface area (Å²) in [6.07, 6.45) is 3.46. The Labute approximate surface area is 102 Å². The second-order valence-corrected chi connectivity index (χ2v) is 3.78. The number of Topliss-reactive ketones (excluding diaryl/α,β-unsaturated/α-hetero) is 1. The van der Waals surface area contributed by atoms with E-state index in [1.54, 1.807) is 14.0 Å². The van der Waals surface area contributed by atoms with E-state index in [0.717, 1.165) is 5.56 Å². The molecular weight excluding hydrogens is 216 g/mol. The van der Waals surface area contributed by atoms with Gasteiger partial charge in [-0.1, -0.05) is 18.2 Å². The topological polar surface area (TPSA) is 35.5 Å². The maximum atomic E-state index is 11.1. The minimum atomic E-state index is -0.462. The molecule has 0 heterocycles. The molecule has 3 nitrogen and oxygen atoms in total. The molecule has 1 rings (SSSR count). The van der Waals surface area contributed by atoms with Gasteiger partial charge >= 0.3 is 0 Å². The van der Waals surface area contributed by atoms with Crippen molar-refractivity contribution < 1.29 is 14.3 Å². The molecule has 0 spiro atoms. The molecular formula is C14H18O3. The average molecular weight is 234 g/mol. The molecule has 1 aromatic carbocycles. The first-order valence-electron chi connectivity index (χ1n) is 5.56. The summed E-state index contributed by atoms with van der Waals surface area (Å²) in [5.74, 6) is 1.21. The summed E-state index contributed by atoms with van der Waals surface area (Å²) < 4.78 is 10.8. The van der Waals surface area contributed by atoms with Crippen LogP contribution in [0.25, 0.3) is 6.08 Å². The number of ether oxygens (including phenoxy) is 2. The van der Waals surface area contributed by atoms with E-state index in [1.165, 1.54) is 6.92 Å². The van der Waals surface area contributed by atoms with Gasteiger partial charge in [-0.05, 0) is 38.5 Å². The summed E-state index contributed by atoms with van der Waals surface area (Å²) in [7, 11) is 1.58. The lowest BCUT2D eigenvalue weighted by Gasteiger charge is -2.15. The molecule has 0 saturated carbocycles. The van der Waals surface area contributed by atoms with E-state index in [-0.39, 0.29) is 5.78 Å². The largest absolute Gasteiger partial charge is 0.493 e. The maximum Gasteiger partial charge on any atom is 0.169 e. The van der Waals surface area contributed by atoms with E-state index in [1.807, 2.05) is 37.3 Å². The Bertz CT molecular complexity index is 421. The molecule has 0 amide bonds. The highest BCUT2D eigenvalue weighted by molar-refractivity contribution is 5.80. The first-order chi connectivity index (χ1) is 8.08. The van der Waals surface area contributed by atoms with Crippen molar-refractivity contribution >= 4 is 11.9 Å². The molecule has 0 fully saturated rings. The molecule has 0 aliphatic carbocycles. The van der Waals surface area contributed by atoms with Gasteiger partial charge in [-0.3, -0.25) is 4.79 Å². The predicted octanol–water partition coefficient (Wildman–Crippen LogP) is 3.08. The number of hydrogen-bond acceptors (Lipinski definition) is 3. The number of carbonyl (C=O) groups excluding carboxylic acids is 1. The van der Waals surface area contributed by atoms with E-state index in [9.17, 15) is 4.79 Å². The number of methoxy groups -OCH3 is 1. The van der Waals surface area contributed by atoms with Gasteiger partial charge in [0.1, 0.15) is 0 Å². The van der Waals surface area contributed by atoms with E-state index < -0.39 is 6.10 Å². The molecule has 0 radical (unpaired) electrons. The van der Waals surface area contributed by atoms with Gasteiger partial charge in [-0.25, -0.2) is 0 Å². The SMILES string of the molecule is C/C=C\c1ccc(OC(C)C(C)=O)c(OC)c1. The lowest BCUT2D eigenvalue weighted by atomic mass is 10.2. The number of benzene rings is 1. The minimum absolute atomic E-state index is 0.00964. The van der Waals surface area contributed by atoms with Crippen molar-refractivity contribution in [2.45, 2.75) is 26.9 Å². The Morgan fingerprint density at radius 3 is 2.59 bits per heavy atom. The maximum absolute atomic E-state index is 11.1. The Hall–Kier alpha value is -1.77. The predicted molar refractivity (Wildman–Crippen MR) is 68.5 cm³/mol. The van der Waals surface area contributed by atoms with Gasteiger partial charge < -0.3 is 9.47 Å². The summed E-state index contributed by atoms with van der Waals surface area (Å²) in [4.78, 5) is 11.1. The fourth-order valence-electron chi connectivity index (χ4n) is 1.35. The number of allylic oxidation sites excluding steroid dienone is 1. The van der Waals surface area contributed by atoms with E-state index in [2.05, 4.69) is 0 Å². The molecule has 0 N–H and O–H groups in total. The van der Waals surface area contributed by atoms with Crippen LogP contribution in [0.3, 0.4) is 0 Å². The molecule has 1 aromatic rings. The first-order valence-corrected chi connectivity index (χ1v) is 5.56. The van der Waals surface area contributed by atoms with Crippen molar-refractivity contribution in [2.24, 2.45) is 0 Å². The van der Waals surface area contributed by atoms with Crippen molar-refractivity contribution in [1.29, 1.82) is 0 Å². The molecule has 1 unspecified atom stereocenters. The summed E-state index contributed by atoms with van der Waals surface area (Å²) >= 11 is 0. The van der Waals surface area contributed by atoms with Crippen LogP contribution in [0.5, 0.6) is 11.5 Å². The van der Waals surface area contributed by atoms with Crippen LogP contribution in [-0.4, -0.2) is 19.0 Å². The van der Waals surface area contributed by atoms with Gasteiger partial charge in [-0.15, -0.1) is 0 Å². The van der Waals surface area contributed by atoms with Crippen LogP contribution in [-0.2, 0) is 4.79 Å². The lowest BCUT2D eigenvalue weighted by molar-refractivity contribution is -0.122. The third-order valence-corrected chi connectivity index (χ3v) is 2.42. The second kappa shape index (κ2) is 6.09. The van der Waals surface area contributed by atoms with Crippen LogP contribution in [0.4, 0.5) is 0 Å². The van der Waals surface area contributed by atoms with Crippen molar-refractivity contribution in [3.63, 3.8) is 0 Å². The molecule has 17 heavy (non-hydrogen) atoms. The highest BCUT2D eigenvalue weighted by Crippen LogP contribution is 2.29. The Kier molecular flexibility index (Phi) is 4.76. The number of carbonyl (C=O) groups is 1. The third kappa shape index (κ3) is 3.63. The molecule has 0 saturated heterocycles. The first kappa shape index (κ1) is 13.3. The van der Waals surface area contributed by atoms with Crippen LogP contribution >= 0.6 is 0 Å². The summed E-state index contributed by atoms with van der Waals surface area (Å²) in [6, 6.07) is 5.61. The standard InChI is InChI=1S/C14H18O3/c1-5-6-12-7-8-13(14(9-12)16-4)17-11(3)10(2)15/h5-9,11H,1-4H3/b6-5-. The van der Waals surface area contributed by atoms with Gasteiger partial charge in [0.05, 0.1) is 7.11 Å². The highest BCUT2D eigenvalue weighted by Gasteiger charge is 2.12. The Balaban J connectivity index is 2.96. The molecule has 0 aromatic heterocycles. The fourth-order valence-corrected chi connectivity index (χ4v) is 1.35.